The number of benzene rings is 2. The SMILES string of the molecule is CCC(C)C(=O)Nc1cccc2c3cccc(NCCc4ccccc4)c3nc-2c1.Cl. The smallest absolute Gasteiger partial charge is 0.227 e. The van der Waals surface area contributed by atoms with Crippen molar-refractivity contribution in [3.05, 3.63) is 78.4 Å². The minimum Gasteiger partial charge on any atom is -0.383 e. The molecule has 2 aromatic carbocycles. The number of nitrogens with zero attached hydrogens (tertiary/aromatic N) is 1. The molecule has 1 amide bonds. The monoisotopic (exact) mass is 433 g/mol. The van der Waals surface area contributed by atoms with Gasteiger partial charge in [-0.1, -0.05) is 68.4 Å². The fourth-order valence-electron chi connectivity index (χ4n) is 3.59. The van der Waals surface area contributed by atoms with Gasteiger partial charge in [0, 0.05) is 29.1 Å². The maximum absolute atomic E-state index is 12.3. The second kappa shape index (κ2) is 10.3. The van der Waals surface area contributed by atoms with Crippen LogP contribution in [-0.4, -0.2) is 17.4 Å². The van der Waals surface area contributed by atoms with E-state index in [1.165, 1.54) is 5.56 Å². The van der Waals surface area contributed by atoms with Crippen LogP contribution in [0.2, 0.25) is 0 Å². The molecular weight excluding hydrogens is 406 g/mol. The van der Waals surface area contributed by atoms with E-state index in [1.807, 2.05) is 38.1 Å². The molecule has 0 saturated heterocycles. The summed E-state index contributed by atoms with van der Waals surface area (Å²) in [6.07, 6.45) is 1.77. The van der Waals surface area contributed by atoms with E-state index in [9.17, 15) is 4.79 Å². The molecular formula is C26H28ClN3O. The molecule has 1 atom stereocenters. The van der Waals surface area contributed by atoms with Crippen LogP contribution in [0.1, 0.15) is 25.8 Å². The predicted octanol–water partition coefficient (Wildman–Crippen LogP) is 6.40. The third-order valence-corrected chi connectivity index (χ3v) is 5.56. The lowest BCUT2D eigenvalue weighted by Crippen LogP contribution is -2.19. The van der Waals surface area contributed by atoms with Crippen molar-refractivity contribution in [2.45, 2.75) is 26.7 Å². The van der Waals surface area contributed by atoms with Crippen molar-refractivity contribution in [1.82, 2.24) is 4.98 Å². The van der Waals surface area contributed by atoms with Gasteiger partial charge in [0.25, 0.3) is 0 Å². The molecule has 2 aromatic rings. The second-order valence-electron chi connectivity index (χ2n) is 7.70. The minimum atomic E-state index is -0.0156. The van der Waals surface area contributed by atoms with Crippen LogP contribution in [0.5, 0.6) is 0 Å². The van der Waals surface area contributed by atoms with Gasteiger partial charge >= 0.3 is 0 Å². The number of carbonyl (C=O) groups excluding carboxylic acids is 1. The number of hydrogen-bond donors (Lipinski definition) is 2. The highest BCUT2D eigenvalue weighted by Crippen LogP contribution is 2.35. The number of halogens is 1. The van der Waals surface area contributed by atoms with Crippen molar-refractivity contribution in [2.24, 2.45) is 5.92 Å². The van der Waals surface area contributed by atoms with E-state index in [4.69, 9.17) is 4.98 Å². The summed E-state index contributed by atoms with van der Waals surface area (Å²) in [5.74, 6) is 0.0225. The molecule has 4 rings (SSSR count). The Hall–Kier alpha value is -3.11. The Labute approximate surface area is 189 Å². The van der Waals surface area contributed by atoms with Gasteiger partial charge in [-0.25, -0.2) is 4.98 Å². The van der Waals surface area contributed by atoms with Crippen LogP contribution in [0.25, 0.3) is 22.2 Å². The molecule has 0 bridgehead atoms. The molecule has 5 heteroatoms. The summed E-state index contributed by atoms with van der Waals surface area (Å²) >= 11 is 0. The molecule has 0 fully saturated rings. The van der Waals surface area contributed by atoms with Crippen molar-refractivity contribution >= 4 is 40.6 Å². The Balaban J connectivity index is 0.00000272. The highest BCUT2D eigenvalue weighted by atomic mass is 35.5. The van der Waals surface area contributed by atoms with Gasteiger partial charge in [0.1, 0.15) is 0 Å². The molecule has 0 aromatic heterocycles. The molecule has 1 unspecified atom stereocenters. The standard InChI is InChI=1S/C26H27N3O.ClH/c1-3-18(2)26(30)28-20-11-7-12-21-22-13-8-14-23(25(22)29-24(21)17-20)27-16-15-19-9-5-4-6-10-19;/h4-14,17-18,27H,3,15-16H2,1-2H3,(H,28,30);1H. The topological polar surface area (TPSA) is 54.0 Å². The Morgan fingerprint density at radius 2 is 1.77 bits per heavy atom. The summed E-state index contributed by atoms with van der Waals surface area (Å²) in [6, 6.07) is 24.6. The zero-order valence-corrected chi connectivity index (χ0v) is 18.7. The summed E-state index contributed by atoms with van der Waals surface area (Å²) in [5, 5.41) is 7.68. The molecule has 0 saturated carbocycles. The summed E-state index contributed by atoms with van der Waals surface area (Å²) in [5.41, 5.74) is 6.05. The second-order valence-corrected chi connectivity index (χ2v) is 7.70. The first-order valence-electron chi connectivity index (χ1n) is 10.6. The van der Waals surface area contributed by atoms with E-state index >= 15 is 0 Å². The Morgan fingerprint density at radius 1 is 1.00 bits per heavy atom. The Morgan fingerprint density at radius 3 is 2.55 bits per heavy atom. The van der Waals surface area contributed by atoms with Crippen molar-refractivity contribution in [3.8, 4) is 11.3 Å². The number of para-hydroxylation sites is 1. The van der Waals surface area contributed by atoms with Crippen molar-refractivity contribution < 1.29 is 4.79 Å². The van der Waals surface area contributed by atoms with Crippen LogP contribution >= 0.6 is 12.4 Å². The van der Waals surface area contributed by atoms with E-state index in [1.54, 1.807) is 0 Å². The number of nitrogens with one attached hydrogen (secondary N) is 2. The van der Waals surface area contributed by atoms with E-state index in [0.717, 1.165) is 52.9 Å². The highest BCUT2D eigenvalue weighted by molar-refractivity contribution is 6.04. The number of fused-ring (bicyclic) bond motifs is 3. The molecule has 2 N–H and O–H groups in total. The lowest BCUT2D eigenvalue weighted by Gasteiger charge is -2.08. The fourth-order valence-corrected chi connectivity index (χ4v) is 3.59. The van der Waals surface area contributed by atoms with Crippen LogP contribution in [0.4, 0.5) is 11.4 Å². The molecule has 1 aliphatic carbocycles. The first-order chi connectivity index (χ1) is 14.7. The summed E-state index contributed by atoms with van der Waals surface area (Å²) in [6.45, 7) is 4.80. The number of hydrogen-bond acceptors (Lipinski definition) is 3. The zero-order valence-electron chi connectivity index (χ0n) is 17.9. The zero-order chi connectivity index (χ0) is 20.9. The number of aromatic nitrogens is 1. The van der Waals surface area contributed by atoms with Crippen molar-refractivity contribution in [3.63, 3.8) is 0 Å². The predicted molar refractivity (Wildman–Crippen MR) is 132 cm³/mol. The normalized spacial score (nSPS) is 11.7. The van der Waals surface area contributed by atoms with E-state index in [2.05, 4.69) is 59.2 Å². The van der Waals surface area contributed by atoms with Gasteiger partial charge in [0.15, 0.2) is 0 Å². The van der Waals surface area contributed by atoms with E-state index < -0.39 is 0 Å². The lowest BCUT2D eigenvalue weighted by molar-refractivity contribution is -0.119. The van der Waals surface area contributed by atoms with Gasteiger partial charge in [-0.3, -0.25) is 4.79 Å². The first kappa shape index (κ1) is 22.6. The van der Waals surface area contributed by atoms with E-state index in [-0.39, 0.29) is 24.2 Å². The third-order valence-electron chi connectivity index (χ3n) is 5.56. The molecule has 0 spiro atoms. The molecule has 31 heavy (non-hydrogen) atoms. The van der Waals surface area contributed by atoms with Gasteiger partial charge in [0.2, 0.25) is 5.91 Å². The van der Waals surface area contributed by atoms with Gasteiger partial charge in [-0.15, -0.1) is 12.4 Å². The number of rotatable bonds is 7. The van der Waals surface area contributed by atoms with Gasteiger partial charge in [-0.2, -0.15) is 0 Å². The Kier molecular flexibility index (Phi) is 7.48. The molecule has 2 aliphatic rings. The van der Waals surface area contributed by atoms with Crippen LogP contribution < -0.4 is 10.6 Å². The van der Waals surface area contributed by atoms with Gasteiger partial charge in [0.05, 0.1) is 16.9 Å². The number of anilines is 2. The summed E-state index contributed by atoms with van der Waals surface area (Å²) < 4.78 is 0. The summed E-state index contributed by atoms with van der Waals surface area (Å²) in [7, 11) is 0. The van der Waals surface area contributed by atoms with Crippen LogP contribution in [0.3, 0.4) is 0 Å². The number of amides is 1. The molecule has 0 radical (unpaired) electrons. The Bertz CT molecular complexity index is 1130. The summed E-state index contributed by atoms with van der Waals surface area (Å²) in [4.78, 5) is 17.2. The molecule has 4 nitrogen and oxygen atoms in total. The van der Waals surface area contributed by atoms with Crippen molar-refractivity contribution in [1.29, 1.82) is 0 Å². The van der Waals surface area contributed by atoms with E-state index in [0.29, 0.717) is 0 Å². The third kappa shape index (κ3) is 5.15. The van der Waals surface area contributed by atoms with Crippen LogP contribution in [-0.2, 0) is 11.2 Å². The minimum absolute atomic E-state index is 0. The maximum atomic E-state index is 12.3. The highest BCUT2D eigenvalue weighted by Gasteiger charge is 2.15. The quantitative estimate of drug-likeness (QED) is 0.354. The molecule has 1 aliphatic heterocycles. The number of carbonyl (C=O) groups is 1. The van der Waals surface area contributed by atoms with Crippen molar-refractivity contribution in [2.75, 3.05) is 17.2 Å². The first-order valence-corrected chi connectivity index (χ1v) is 10.6. The van der Waals surface area contributed by atoms with Gasteiger partial charge in [-0.05, 0) is 36.6 Å². The maximum Gasteiger partial charge on any atom is 0.227 e. The molecule has 160 valence electrons. The average Bonchev–Trinajstić information content (AvgIpc) is 2.99. The van der Waals surface area contributed by atoms with Gasteiger partial charge < -0.3 is 10.6 Å². The lowest BCUT2D eigenvalue weighted by atomic mass is 10.1. The van der Waals surface area contributed by atoms with Crippen LogP contribution in [0, 0.1) is 5.92 Å². The average molecular weight is 434 g/mol. The largest absolute Gasteiger partial charge is 0.383 e. The fraction of sp³-hybridized carbons (Fsp3) is 0.231. The van der Waals surface area contributed by atoms with Crippen LogP contribution in [0.15, 0.2) is 72.8 Å². The molecule has 1 heterocycles.